The van der Waals surface area contributed by atoms with Gasteiger partial charge in [-0.25, -0.2) is 0 Å². The van der Waals surface area contributed by atoms with Crippen LogP contribution in [0.4, 0.5) is 0 Å². The van der Waals surface area contributed by atoms with E-state index in [4.69, 9.17) is 23.7 Å². The lowest BCUT2D eigenvalue weighted by Gasteiger charge is -2.11. The molecule has 3 saturated heterocycles. The van der Waals surface area contributed by atoms with Gasteiger partial charge in [0.2, 0.25) is 0 Å². The van der Waals surface area contributed by atoms with Crippen LogP contribution in [0.2, 0.25) is 0 Å². The van der Waals surface area contributed by atoms with Gasteiger partial charge in [0, 0.05) is 0 Å². The number of hydrogen-bond acceptors (Lipinski definition) is 5. The minimum atomic E-state index is 0. The van der Waals surface area contributed by atoms with Crippen molar-refractivity contribution in [1.29, 1.82) is 0 Å². The first-order chi connectivity index (χ1) is 8.78. The first-order valence-electron chi connectivity index (χ1n) is 6.82. The second-order valence-electron chi connectivity index (χ2n) is 4.96. The van der Waals surface area contributed by atoms with Gasteiger partial charge in [0.25, 0.3) is 0 Å². The average Bonchev–Trinajstić information content (AvgIpc) is 3.24. The Hall–Kier alpha value is -0.200. The largest absolute Gasteiger partial charge is 0.376 e. The van der Waals surface area contributed by atoms with Crippen LogP contribution >= 0.6 is 0 Å². The summed E-state index contributed by atoms with van der Waals surface area (Å²) >= 11 is 0. The van der Waals surface area contributed by atoms with E-state index in [2.05, 4.69) is 6.92 Å². The monoisotopic (exact) mass is 276 g/mol. The van der Waals surface area contributed by atoms with Crippen LogP contribution in [0.25, 0.3) is 0 Å². The highest BCUT2D eigenvalue weighted by atomic mass is 16.6. The third-order valence-corrected chi connectivity index (χ3v) is 2.89. The highest BCUT2D eigenvalue weighted by Crippen LogP contribution is 2.11. The second-order valence-corrected chi connectivity index (χ2v) is 4.96. The lowest BCUT2D eigenvalue weighted by molar-refractivity contribution is -0.0146. The molecule has 3 fully saturated rings. The number of rotatable bonds is 8. The topological polar surface area (TPSA) is 56.0 Å². The van der Waals surface area contributed by atoms with Crippen LogP contribution in [-0.2, 0) is 23.7 Å². The minimum absolute atomic E-state index is 0. The van der Waals surface area contributed by atoms with Crippen LogP contribution in [0.1, 0.15) is 27.7 Å². The van der Waals surface area contributed by atoms with Gasteiger partial charge in [-0.05, 0) is 13.3 Å². The van der Waals surface area contributed by atoms with Gasteiger partial charge < -0.3 is 23.7 Å². The Balaban J connectivity index is 0.000000256. The molecule has 0 aromatic rings. The Morgan fingerprint density at radius 3 is 1.95 bits per heavy atom. The van der Waals surface area contributed by atoms with Crippen LogP contribution in [0.3, 0.4) is 0 Å². The Bertz CT molecular complexity index is 224. The van der Waals surface area contributed by atoms with Crippen LogP contribution < -0.4 is 0 Å². The molecule has 5 heteroatoms. The van der Waals surface area contributed by atoms with Gasteiger partial charge in [0.15, 0.2) is 0 Å². The molecular weight excluding hydrogens is 248 g/mol. The fourth-order valence-corrected chi connectivity index (χ4v) is 1.32. The van der Waals surface area contributed by atoms with Crippen molar-refractivity contribution < 1.29 is 23.7 Å². The van der Waals surface area contributed by atoms with E-state index in [-0.39, 0.29) is 13.5 Å². The van der Waals surface area contributed by atoms with Gasteiger partial charge in [0.05, 0.1) is 51.8 Å². The Morgan fingerprint density at radius 1 is 1.00 bits per heavy atom. The zero-order chi connectivity index (χ0) is 12.8. The van der Waals surface area contributed by atoms with Crippen molar-refractivity contribution in [2.75, 3.05) is 39.6 Å². The third-order valence-electron chi connectivity index (χ3n) is 2.89. The van der Waals surface area contributed by atoms with Gasteiger partial charge in [-0.1, -0.05) is 14.4 Å². The molecule has 5 nitrogen and oxygen atoms in total. The molecule has 0 aromatic heterocycles. The van der Waals surface area contributed by atoms with Crippen LogP contribution in [0, 0.1) is 0 Å². The van der Waals surface area contributed by atoms with E-state index in [0.29, 0.717) is 38.1 Å². The summed E-state index contributed by atoms with van der Waals surface area (Å²) in [6.45, 7) is 8.91. The highest BCUT2D eigenvalue weighted by molar-refractivity contribution is 4.69. The van der Waals surface area contributed by atoms with Crippen molar-refractivity contribution in [2.45, 2.75) is 52.1 Å². The minimum Gasteiger partial charge on any atom is -0.376 e. The SMILES string of the molecule is C.CC(COCC1CO1)OCC1CO1.CCC1CO1. The van der Waals surface area contributed by atoms with Crippen molar-refractivity contribution in [3.8, 4) is 0 Å². The molecule has 0 amide bonds. The molecule has 19 heavy (non-hydrogen) atoms. The molecule has 4 unspecified atom stereocenters. The summed E-state index contributed by atoms with van der Waals surface area (Å²) in [6, 6.07) is 0. The number of epoxide rings is 3. The van der Waals surface area contributed by atoms with E-state index in [1.807, 2.05) is 6.92 Å². The van der Waals surface area contributed by atoms with Gasteiger partial charge >= 0.3 is 0 Å². The maximum Gasteiger partial charge on any atom is 0.104 e. The molecule has 0 N–H and O–H groups in total. The van der Waals surface area contributed by atoms with Crippen molar-refractivity contribution in [2.24, 2.45) is 0 Å². The lowest BCUT2D eigenvalue weighted by atomic mass is 10.4. The Labute approximate surface area is 116 Å². The lowest BCUT2D eigenvalue weighted by Crippen LogP contribution is -2.19. The van der Waals surface area contributed by atoms with Crippen molar-refractivity contribution in [1.82, 2.24) is 0 Å². The van der Waals surface area contributed by atoms with Gasteiger partial charge in [-0.15, -0.1) is 0 Å². The molecule has 0 saturated carbocycles. The predicted molar refractivity (Wildman–Crippen MR) is 72.5 cm³/mol. The van der Waals surface area contributed by atoms with Crippen molar-refractivity contribution in [3.63, 3.8) is 0 Å². The molecule has 0 bridgehead atoms. The number of ether oxygens (including phenoxy) is 5. The molecule has 0 aromatic carbocycles. The molecular formula is C14H28O5. The molecule has 0 aliphatic carbocycles. The average molecular weight is 276 g/mol. The first-order valence-corrected chi connectivity index (χ1v) is 6.82. The van der Waals surface area contributed by atoms with Crippen LogP contribution in [0.15, 0.2) is 0 Å². The summed E-state index contributed by atoms with van der Waals surface area (Å²) in [5.74, 6) is 0. The molecule has 114 valence electrons. The van der Waals surface area contributed by atoms with E-state index in [9.17, 15) is 0 Å². The Morgan fingerprint density at radius 2 is 1.53 bits per heavy atom. The number of hydrogen-bond donors (Lipinski definition) is 0. The zero-order valence-electron chi connectivity index (χ0n) is 11.3. The highest BCUT2D eigenvalue weighted by Gasteiger charge is 2.24. The Kier molecular flexibility index (Phi) is 7.87. The van der Waals surface area contributed by atoms with Gasteiger partial charge in [-0.3, -0.25) is 0 Å². The second kappa shape index (κ2) is 8.87. The van der Waals surface area contributed by atoms with Gasteiger partial charge in [0.1, 0.15) is 12.2 Å². The quantitative estimate of drug-likeness (QED) is 0.631. The summed E-state index contributed by atoms with van der Waals surface area (Å²) in [5.41, 5.74) is 0. The molecule has 3 aliphatic heterocycles. The van der Waals surface area contributed by atoms with Crippen molar-refractivity contribution in [3.05, 3.63) is 0 Å². The molecule has 4 atom stereocenters. The predicted octanol–water partition coefficient (Wildman–Crippen LogP) is 1.64. The first kappa shape index (κ1) is 16.9. The van der Waals surface area contributed by atoms with E-state index in [1.54, 1.807) is 0 Å². The normalized spacial score (nSPS) is 31.6. The molecule has 0 radical (unpaired) electrons. The maximum atomic E-state index is 5.48. The van der Waals surface area contributed by atoms with E-state index < -0.39 is 0 Å². The maximum absolute atomic E-state index is 5.48. The standard InChI is InChI=1S/C9H16O4.C4H8O.CH4/c1-7(11-4-9-6-13-9)2-10-3-8-5-12-8;1-2-4-3-5-4;/h7-9H,2-6H2,1H3;4H,2-3H2,1H3;1H4. The molecule has 0 spiro atoms. The van der Waals surface area contributed by atoms with E-state index in [0.717, 1.165) is 19.8 Å². The van der Waals surface area contributed by atoms with Crippen molar-refractivity contribution >= 4 is 0 Å². The smallest absolute Gasteiger partial charge is 0.104 e. The fourth-order valence-electron chi connectivity index (χ4n) is 1.32. The summed E-state index contributed by atoms with van der Waals surface area (Å²) in [5, 5.41) is 0. The molecule has 3 heterocycles. The summed E-state index contributed by atoms with van der Waals surface area (Å²) in [6.07, 6.45) is 2.67. The van der Waals surface area contributed by atoms with E-state index in [1.165, 1.54) is 6.42 Å². The summed E-state index contributed by atoms with van der Waals surface area (Å²) in [7, 11) is 0. The summed E-state index contributed by atoms with van der Waals surface area (Å²) in [4.78, 5) is 0. The van der Waals surface area contributed by atoms with Crippen LogP contribution in [-0.4, -0.2) is 64.1 Å². The van der Waals surface area contributed by atoms with Gasteiger partial charge in [-0.2, -0.15) is 0 Å². The fraction of sp³-hybridized carbons (Fsp3) is 1.00. The summed E-state index contributed by atoms with van der Waals surface area (Å²) < 4.78 is 25.8. The van der Waals surface area contributed by atoms with Crippen LogP contribution in [0.5, 0.6) is 0 Å². The zero-order valence-corrected chi connectivity index (χ0v) is 11.3. The van der Waals surface area contributed by atoms with E-state index >= 15 is 0 Å². The molecule has 3 rings (SSSR count). The third kappa shape index (κ3) is 9.35. The molecule has 3 aliphatic rings.